The van der Waals surface area contributed by atoms with Crippen molar-refractivity contribution in [1.29, 1.82) is 0 Å². The predicted octanol–water partition coefficient (Wildman–Crippen LogP) is 5.07. The Kier molecular flexibility index (Phi) is 7.13. The van der Waals surface area contributed by atoms with Crippen LogP contribution in [0.3, 0.4) is 0 Å². The third-order valence-electron chi connectivity index (χ3n) is 3.79. The number of hydrogen-bond donors (Lipinski definition) is 3. The maximum Gasteiger partial charge on any atom is 0.229 e. The lowest BCUT2D eigenvalue weighted by Crippen LogP contribution is -2.39. The van der Waals surface area contributed by atoms with Crippen LogP contribution in [0.1, 0.15) is 21.8 Å². The van der Waals surface area contributed by atoms with Crippen molar-refractivity contribution < 1.29 is 0 Å². The summed E-state index contributed by atoms with van der Waals surface area (Å²) in [6.07, 6.45) is 0. The molecule has 6 nitrogen and oxygen atoms in total. The summed E-state index contributed by atoms with van der Waals surface area (Å²) in [6, 6.07) is 11.7. The second kappa shape index (κ2) is 9.78. The number of anilines is 2. The van der Waals surface area contributed by atoms with E-state index in [-0.39, 0.29) is 0 Å². The molecule has 1 aromatic carbocycles. The van der Waals surface area contributed by atoms with Gasteiger partial charge in [-0.05, 0) is 68.2 Å². The smallest absolute Gasteiger partial charge is 0.229 e. The predicted molar refractivity (Wildman–Crippen MR) is 126 cm³/mol. The Labute approximate surface area is 184 Å². The molecule has 0 saturated heterocycles. The monoisotopic (exact) mass is 444 g/mol. The average Bonchev–Trinajstić information content (AvgIpc) is 3.15. The van der Waals surface area contributed by atoms with Crippen molar-refractivity contribution in [1.82, 2.24) is 15.3 Å². The number of hydrogen-bond acceptors (Lipinski definition) is 5. The minimum atomic E-state index is 0.359. The molecule has 3 rings (SSSR count). The van der Waals surface area contributed by atoms with Gasteiger partial charge in [0.05, 0.1) is 17.3 Å². The summed E-state index contributed by atoms with van der Waals surface area (Å²) in [5, 5.41) is 12.3. The Hall–Kier alpha value is -2.55. The summed E-state index contributed by atoms with van der Waals surface area (Å²) in [5.41, 5.74) is 3.52. The van der Waals surface area contributed by atoms with Gasteiger partial charge in [-0.1, -0.05) is 23.7 Å². The fourth-order valence-corrected chi connectivity index (χ4v) is 3.66. The van der Waals surface area contributed by atoms with Gasteiger partial charge in [0.2, 0.25) is 11.9 Å². The minimum absolute atomic E-state index is 0.359. The molecule has 0 atom stereocenters. The minimum Gasteiger partial charge on any atom is -0.331 e. The van der Waals surface area contributed by atoms with Crippen molar-refractivity contribution in [3.05, 3.63) is 68.6 Å². The van der Waals surface area contributed by atoms with E-state index >= 15 is 0 Å². The van der Waals surface area contributed by atoms with Crippen molar-refractivity contribution in [2.45, 2.75) is 27.3 Å². The van der Waals surface area contributed by atoms with Gasteiger partial charge in [0.25, 0.3) is 0 Å². The molecular weight excluding hydrogens is 424 g/mol. The number of guanidine groups is 1. The Morgan fingerprint density at radius 3 is 2.52 bits per heavy atom. The lowest BCUT2D eigenvalue weighted by atomic mass is 10.2. The number of aryl methyl sites for hydroxylation is 3. The third-order valence-corrected chi connectivity index (χ3v) is 5.17. The Morgan fingerprint density at radius 1 is 1.10 bits per heavy atom. The Bertz CT molecular complexity index is 1010. The molecule has 0 radical (unpaired) electrons. The number of rotatable bonds is 4. The van der Waals surface area contributed by atoms with Crippen LogP contribution < -0.4 is 16.0 Å². The van der Waals surface area contributed by atoms with Gasteiger partial charge >= 0.3 is 0 Å². The van der Waals surface area contributed by atoms with E-state index in [9.17, 15) is 0 Å². The quantitative estimate of drug-likeness (QED) is 0.296. The van der Waals surface area contributed by atoms with Gasteiger partial charge in [0, 0.05) is 16.3 Å². The lowest BCUT2D eigenvalue weighted by Gasteiger charge is -2.15. The number of nitrogens with one attached hydrogen (secondary N) is 3. The van der Waals surface area contributed by atoms with Gasteiger partial charge in [-0.15, -0.1) is 11.3 Å². The normalized spacial score (nSPS) is 11.2. The van der Waals surface area contributed by atoms with Crippen molar-refractivity contribution in [3.8, 4) is 0 Å². The fourth-order valence-electron chi connectivity index (χ4n) is 2.54. The van der Waals surface area contributed by atoms with Crippen LogP contribution in [0.15, 0.2) is 46.8 Å². The summed E-state index contributed by atoms with van der Waals surface area (Å²) in [5.74, 6) is 0.903. The number of thiophene rings is 1. The van der Waals surface area contributed by atoms with Crippen LogP contribution in [0, 0.1) is 20.8 Å². The molecule has 0 unspecified atom stereocenters. The zero-order valence-corrected chi connectivity index (χ0v) is 18.7. The van der Waals surface area contributed by atoms with Crippen LogP contribution in [-0.2, 0) is 6.54 Å². The fraction of sp³-hybridized carbons (Fsp3) is 0.200. The van der Waals surface area contributed by atoms with Gasteiger partial charge in [0.1, 0.15) is 0 Å². The standard InChI is InChI=1S/C20H21ClN6S2/c1-12-6-7-17(16(21)9-12)25-20(28)27-18(22-11-15-5-4-8-29-15)26-19-23-13(2)10-14(3)24-19/h4-10H,11H2,1-3H3,(H3,22,23,24,25,26,27,28). The summed E-state index contributed by atoms with van der Waals surface area (Å²) in [7, 11) is 0. The Morgan fingerprint density at radius 2 is 1.86 bits per heavy atom. The number of aromatic nitrogens is 2. The highest BCUT2D eigenvalue weighted by Crippen LogP contribution is 2.22. The molecule has 29 heavy (non-hydrogen) atoms. The highest BCUT2D eigenvalue weighted by molar-refractivity contribution is 7.80. The topological polar surface area (TPSA) is 74.2 Å². The van der Waals surface area contributed by atoms with Crippen LogP contribution in [0.5, 0.6) is 0 Å². The molecular formula is C20H21ClN6S2. The highest BCUT2D eigenvalue weighted by atomic mass is 35.5. The van der Waals surface area contributed by atoms with E-state index in [0.29, 0.717) is 28.6 Å². The molecule has 0 aliphatic heterocycles. The van der Waals surface area contributed by atoms with Crippen LogP contribution in [-0.4, -0.2) is 21.0 Å². The molecule has 0 fully saturated rings. The second-order valence-corrected chi connectivity index (χ2v) is 8.25. The molecule has 3 N–H and O–H groups in total. The summed E-state index contributed by atoms with van der Waals surface area (Å²) in [4.78, 5) is 14.6. The first-order valence-electron chi connectivity index (χ1n) is 8.89. The largest absolute Gasteiger partial charge is 0.331 e. The van der Waals surface area contributed by atoms with Gasteiger partial charge in [0.15, 0.2) is 5.11 Å². The molecule has 2 aromatic heterocycles. The summed E-state index contributed by atoms with van der Waals surface area (Å²) < 4.78 is 0. The van der Waals surface area contributed by atoms with Crippen LogP contribution >= 0.6 is 35.2 Å². The number of halogens is 1. The number of thiocarbonyl (C=S) groups is 1. The lowest BCUT2D eigenvalue weighted by molar-refractivity contribution is 1.04. The molecule has 150 valence electrons. The molecule has 2 heterocycles. The molecule has 0 spiro atoms. The van der Waals surface area contributed by atoms with Gasteiger partial charge in [-0.3, -0.25) is 5.32 Å². The maximum absolute atomic E-state index is 6.29. The van der Waals surface area contributed by atoms with E-state index < -0.39 is 0 Å². The van der Waals surface area contributed by atoms with E-state index in [4.69, 9.17) is 23.8 Å². The van der Waals surface area contributed by atoms with Gasteiger partial charge in [-0.2, -0.15) is 0 Å². The second-order valence-electron chi connectivity index (χ2n) is 6.41. The van der Waals surface area contributed by atoms with Crippen molar-refractivity contribution in [3.63, 3.8) is 0 Å². The number of aliphatic imine (C=N–C) groups is 1. The maximum atomic E-state index is 6.29. The Balaban J connectivity index is 1.76. The first kappa shape index (κ1) is 21.2. The van der Waals surface area contributed by atoms with Crippen LogP contribution in [0.25, 0.3) is 0 Å². The van der Waals surface area contributed by atoms with E-state index in [1.807, 2.05) is 62.5 Å². The zero-order chi connectivity index (χ0) is 20.8. The molecule has 0 bridgehead atoms. The molecule has 0 aliphatic rings. The SMILES string of the molecule is Cc1ccc(NC(=S)NC(=NCc2cccs2)Nc2nc(C)cc(C)n2)c(Cl)c1. The van der Waals surface area contributed by atoms with Crippen molar-refractivity contribution >= 4 is 57.9 Å². The van der Waals surface area contributed by atoms with Crippen molar-refractivity contribution in [2.75, 3.05) is 10.6 Å². The summed E-state index contributed by atoms with van der Waals surface area (Å²) in [6.45, 7) is 6.32. The summed E-state index contributed by atoms with van der Waals surface area (Å²) >= 11 is 13.4. The molecule has 9 heteroatoms. The van der Waals surface area contributed by atoms with Crippen LogP contribution in [0.4, 0.5) is 11.6 Å². The van der Waals surface area contributed by atoms with Crippen LogP contribution in [0.2, 0.25) is 5.02 Å². The molecule has 0 aliphatic carbocycles. The van der Waals surface area contributed by atoms with Crippen molar-refractivity contribution in [2.24, 2.45) is 4.99 Å². The number of benzene rings is 1. The average molecular weight is 445 g/mol. The number of nitrogens with zero attached hydrogens (tertiary/aromatic N) is 3. The van der Waals surface area contributed by atoms with E-state index in [2.05, 4.69) is 30.9 Å². The molecule has 3 aromatic rings. The van der Waals surface area contributed by atoms with Gasteiger partial charge < -0.3 is 10.6 Å². The van der Waals surface area contributed by atoms with Gasteiger partial charge in [-0.25, -0.2) is 15.0 Å². The zero-order valence-electron chi connectivity index (χ0n) is 16.3. The van der Waals surface area contributed by atoms with E-state index in [1.165, 1.54) is 0 Å². The first-order valence-corrected chi connectivity index (χ1v) is 10.6. The third kappa shape index (κ3) is 6.49. The first-order chi connectivity index (χ1) is 13.9. The molecule has 0 saturated carbocycles. The van der Waals surface area contributed by atoms with E-state index in [1.54, 1.807) is 11.3 Å². The molecule has 0 amide bonds. The van der Waals surface area contributed by atoms with E-state index in [0.717, 1.165) is 27.5 Å². The highest BCUT2D eigenvalue weighted by Gasteiger charge is 2.09.